The normalized spacial score (nSPS) is 11.2. The predicted molar refractivity (Wildman–Crippen MR) is 216 cm³/mol. The molecular formula is C41H32BF3N6O5S. The Labute approximate surface area is 325 Å². The molecule has 0 amide bonds. The third kappa shape index (κ3) is 9.87. The van der Waals surface area contributed by atoms with E-state index in [1.807, 2.05) is 42.6 Å². The Balaban J connectivity index is 0.000000156. The summed E-state index contributed by atoms with van der Waals surface area (Å²) in [5, 5.41) is 18.7. The fraction of sp³-hybridized carbons (Fsp3) is 0.0244. The maximum Gasteiger partial charge on any atom is 0.534 e. The van der Waals surface area contributed by atoms with Crippen LogP contribution in [0.15, 0.2) is 159 Å². The van der Waals surface area contributed by atoms with Crippen LogP contribution in [0, 0.1) is 0 Å². The molecule has 0 atom stereocenters. The van der Waals surface area contributed by atoms with Crippen LogP contribution in [0.25, 0.3) is 55.2 Å². The van der Waals surface area contributed by atoms with E-state index in [0.29, 0.717) is 27.7 Å². The van der Waals surface area contributed by atoms with Crippen LogP contribution in [0.3, 0.4) is 0 Å². The van der Waals surface area contributed by atoms with Crippen LogP contribution in [-0.2, 0) is 10.1 Å². The molecule has 0 saturated heterocycles. The van der Waals surface area contributed by atoms with Gasteiger partial charge >= 0.3 is 22.7 Å². The van der Waals surface area contributed by atoms with Crippen molar-refractivity contribution in [1.29, 1.82) is 0 Å². The lowest BCUT2D eigenvalue weighted by molar-refractivity contribution is -0.0499. The van der Waals surface area contributed by atoms with Gasteiger partial charge in [-0.3, -0.25) is 0 Å². The lowest BCUT2D eigenvalue weighted by atomic mass is 9.80. The van der Waals surface area contributed by atoms with Gasteiger partial charge in [0.15, 0.2) is 5.75 Å². The first-order valence-electron chi connectivity index (χ1n) is 17.0. The van der Waals surface area contributed by atoms with E-state index in [2.05, 4.69) is 54.5 Å². The first kappa shape index (κ1) is 39.8. The molecule has 0 unspecified atom stereocenters. The van der Waals surface area contributed by atoms with Crippen molar-refractivity contribution in [2.45, 2.75) is 5.51 Å². The van der Waals surface area contributed by atoms with Crippen molar-refractivity contribution in [3.05, 3.63) is 159 Å². The molecule has 286 valence electrons. The van der Waals surface area contributed by atoms with Crippen molar-refractivity contribution >= 4 is 55.9 Å². The number of anilines is 2. The molecule has 2 heterocycles. The van der Waals surface area contributed by atoms with E-state index >= 15 is 0 Å². The topological polar surface area (TPSA) is 187 Å². The van der Waals surface area contributed by atoms with Crippen molar-refractivity contribution in [3.63, 3.8) is 0 Å². The molecule has 0 aliphatic heterocycles. The largest absolute Gasteiger partial charge is 0.534 e. The molecule has 11 nitrogen and oxygen atoms in total. The molecule has 0 radical (unpaired) electrons. The number of aromatic nitrogens is 4. The minimum Gasteiger partial charge on any atom is -0.423 e. The van der Waals surface area contributed by atoms with Gasteiger partial charge in [-0.25, -0.2) is 19.9 Å². The summed E-state index contributed by atoms with van der Waals surface area (Å²) < 4.78 is 64.7. The maximum absolute atomic E-state index is 12.6. The van der Waals surface area contributed by atoms with E-state index < -0.39 is 28.5 Å². The van der Waals surface area contributed by atoms with Crippen molar-refractivity contribution in [1.82, 2.24) is 19.9 Å². The average molecular weight is 789 g/mol. The van der Waals surface area contributed by atoms with Crippen LogP contribution in [-0.4, -0.2) is 51.0 Å². The summed E-state index contributed by atoms with van der Waals surface area (Å²) >= 11 is 0. The van der Waals surface area contributed by atoms with Gasteiger partial charge in [-0.2, -0.15) is 21.6 Å². The van der Waals surface area contributed by atoms with Gasteiger partial charge in [0, 0.05) is 40.1 Å². The highest BCUT2D eigenvalue weighted by Crippen LogP contribution is 2.35. The number of nitrogens with two attached hydrogens (primary N) is 2. The van der Waals surface area contributed by atoms with Crippen LogP contribution < -0.4 is 21.1 Å². The lowest BCUT2D eigenvalue weighted by Gasteiger charge is -2.12. The molecule has 2 aromatic heterocycles. The third-order valence-electron chi connectivity index (χ3n) is 8.28. The second-order valence-electron chi connectivity index (χ2n) is 12.3. The summed E-state index contributed by atoms with van der Waals surface area (Å²) in [4.78, 5) is 16.2. The maximum atomic E-state index is 12.6. The van der Waals surface area contributed by atoms with Crippen LogP contribution in [0.5, 0.6) is 5.75 Å². The number of nitrogens with zero attached hydrogens (tertiary/aromatic N) is 4. The minimum absolute atomic E-state index is 0.0301. The quantitative estimate of drug-likeness (QED) is 0.0587. The summed E-state index contributed by atoms with van der Waals surface area (Å²) in [6, 6.07) is 40.5. The van der Waals surface area contributed by atoms with Crippen LogP contribution >= 0.6 is 0 Å². The van der Waals surface area contributed by atoms with E-state index in [4.69, 9.17) is 21.5 Å². The molecule has 0 spiro atoms. The molecule has 0 fully saturated rings. The van der Waals surface area contributed by atoms with Crippen molar-refractivity contribution in [3.8, 4) is 39.1 Å². The fourth-order valence-corrected chi connectivity index (χ4v) is 6.10. The summed E-state index contributed by atoms with van der Waals surface area (Å²) in [6.07, 6.45) is 5.89. The van der Waals surface area contributed by atoms with Gasteiger partial charge in [-0.05, 0) is 81.8 Å². The molecule has 6 N–H and O–H groups in total. The zero-order valence-electron chi connectivity index (χ0n) is 29.7. The highest BCUT2D eigenvalue weighted by Gasteiger charge is 2.48. The van der Waals surface area contributed by atoms with Gasteiger partial charge < -0.3 is 25.7 Å². The molecule has 0 aliphatic rings. The third-order valence-corrected chi connectivity index (χ3v) is 9.25. The minimum atomic E-state index is -5.80. The van der Waals surface area contributed by atoms with Crippen LogP contribution in [0.1, 0.15) is 0 Å². The zero-order valence-corrected chi connectivity index (χ0v) is 30.5. The number of nitrogen functional groups attached to an aromatic ring is 2. The van der Waals surface area contributed by atoms with Gasteiger partial charge in [-0.15, -0.1) is 0 Å². The molecule has 6 aromatic carbocycles. The monoisotopic (exact) mass is 788 g/mol. The molecule has 8 aromatic rings. The number of hydrogen-bond donors (Lipinski definition) is 4. The van der Waals surface area contributed by atoms with Crippen molar-refractivity contribution in [2.24, 2.45) is 0 Å². The van der Waals surface area contributed by atoms with Crippen molar-refractivity contribution < 1.29 is 35.8 Å². The predicted octanol–water partition coefficient (Wildman–Crippen LogP) is 7.02. The average Bonchev–Trinajstić information content (AvgIpc) is 3.21. The Bertz CT molecular complexity index is 2750. The molecule has 16 heteroatoms. The Kier molecular flexibility index (Phi) is 12.1. The number of halogens is 3. The molecule has 0 bridgehead atoms. The summed E-state index contributed by atoms with van der Waals surface area (Å²) in [5.41, 5.74) is 14.0. The van der Waals surface area contributed by atoms with E-state index in [1.54, 1.807) is 60.9 Å². The summed E-state index contributed by atoms with van der Waals surface area (Å²) in [6.45, 7) is 0. The van der Waals surface area contributed by atoms with Gasteiger partial charge in [0.2, 0.25) is 0 Å². The standard InChI is InChI=1S/C20H15N3.C15H9F3N2O3S.C6H8BNO2/c21-18-8-4-7-15(10-18)19-11-16(14-5-2-1-3-6-14)9-17-12-22-13-23-20(17)19;16-15(17,18)24(21,22)23-13-7-11(10-4-2-1-3-5-10)6-12-8-19-9-20-14(12)13;8-6-3-1-2-5(4-6)7(9)10/h1-13H,21H2;1-9H;1-4,9-10H,8H2. The lowest BCUT2D eigenvalue weighted by Crippen LogP contribution is -2.29. The van der Waals surface area contributed by atoms with Gasteiger partial charge in [0.05, 0.1) is 5.52 Å². The van der Waals surface area contributed by atoms with Crippen molar-refractivity contribution in [2.75, 3.05) is 11.5 Å². The Morgan fingerprint density at radius 1 is 0.579 bits per heavy atom. The first-order chi connectivity index (χ1) is 27.3. The van der Waals surface area contributed by atoms with Gasteiger partial charge in [0.25, 0.3) is 0 Å². The van der Waals surface area contributed by atoms with E-state index in [0.717, 1.165) is 39.6 Å². The smallest absolute Gasteiger partial charge is 0.423 e. The van der Waals surface area contributed by atoms with E-state index in [-0.39, 0.29) is 5.52 Å². The number of fused-ring (bicyclic) bond motifs is 2. The van der Waals surface area contributed by atoms with Gasteiger partial charge in [-0.1, -0.05) is 84.9 Å². The van der Waals surface area contributed by atoms with E-state index in [9.17, 15) is 21.6 Å². The molecule has 57 heavy (non-hydrogen) atoms. The molecule has 8 rings (SSSR count). The van der Waals surface area contributed by atoms with Crippen LogP contribution in [0.4, 0.5) is 24.5 Å². The SMILES string of the molecule is Nc1cccc(-c2cc(-c3ccccc3)cc3cncnc23)c1.Nc1cccc(B(O)O)c1.O=S(=O)(Oc1cc(-c2ccccc2)cc2cncnc12)C(F)(F)F. The molecular weight excluding hydrogens is 756 g/mol. The Morgan fingerprint density at radius 3 is 1.61 bits per heavy atom. The number of hydrogen-bond acceptors (Lipinski definition) is 11. The summed E-state index contributed by atoms with van der Waals surface area (Å²) in [7, 11) is -7.23. The number of alkyl halides is 3. The fourth-order valence-electron chi connectivity index (χ4n) is 5.64. The van der Waals surface area contributed by atoms with Gasteiger partial charge in [0.1, 0.15) is 18.2 Å². The number of benzene rings is 6. The highest BCUT2D eigenvalue weighted by molar-refractivity contribution is 7.88. The number of rotatable bonds is 6. The molecule has 0 aliphatic carbocycles. The second kappa shape index (κ2) is 17.3. The van der Waals surface area contributed by atoms with E-state index in [1.165, 1.54) is 23.9 Å². The summed E-state index contributed by atoms with van der Waals surface area (Å²) in [5.74, 6) is -0.508. The first-order valence-corrected chi connectivity index (χ1v) is 18.4. The second-order valence-corrected chi connectivity index (χ2v) is 13.8. The Hall–Kier alpha value is -6.88. The zero-order chi connectivity index (χ0) is 40.6. The molecule has 0 saturated carbocycles. The Morgan fingerprint density at radius 2 is 1.09 bits per heavy atom. The van der Waals surface area contributed by atoms with Crippen LogP contribution in [0.2, 0.25) is 0 Å². The highest BCUT2D eigenvalue weighted by atomic mass is 32.2.